The molecule has 0 saturated heterocycles. The molecule has 0 amide bonds. The van der Waals surface area contributed by atoms with E-state index in [9.17, 15) is 9.59 Å². The van der Waals surface area contributed by atoms with Gasteiger partial charge < -0.3 is 14.6 Å². The minimum Gasteiger partial charge on any atom is -0.481 e. The summed E-state index contributed by atoms with van der Waals surface area (Å²) >= 11 is 0. The minimum atomic E-state index is -0.697. The van der Waals surface area contributed by atoms with E-state index in [0.29, 0.717) is 41.8 Å². The van der Waals surface area contributed by atoms with Gasteiger partial charge in [-0.1, -0.05) is 20.8 Å². The second-order valence-corrected chi connectivity index (χ2v) is 11.8. The number of hydrogen-bond acceptors (Lipinski definition) is 4. The first-order chi connectivity index (χ1) is 14.6. The summed E-state index contributed by atoms with van der Waals surface area (Å²) in [4.78, 5) is 24.7. The number of carbonyl (C=O) groups excluding carboxylic acids is 1. The number of methoxy groups -OCH3 is 2. The van der Waals surface area contributed by atoms with Crippen LogP contribution in [0.1, 0.15) is 85.0 Å². The average molecular weight is 435 g/mol. The molecule has 4 aliphatic rings. The van der Waals surface area contributed by atoms with Gasteiger partial charge in [0.15, 0.2) is 5.79 Å². The fraction of sp³-hybridized carbons (Fsp3) is 0.923. The van der Waals surface area contributed by atoms with E-state index >= 15 is 0 Å². The molecule has 5 nitrogen and oxygen atoms in total. The topological polar surface area (TPSA) is 72.8 Å². The van der Waals surface area contributed by atoms with Gasteiger partial charge in [0, 0.05) is 45.8 Å². The minimum absolute atomic E-state index is 0.176. The number of carbonyl (C=O) groups is 2. The van der Waals surface area contributed by atoms with Gasteiger partial charge in [-0.05, 0) is 78.9 Å². The lowest BCUT2D eigenvalue weighted by molar-refractivity contribution is -0.258. The molecular formula is C26H42O5. The van der Waals surface area contributed by atoms with Crippen LogP contribution in [-0.4, -0.2) is 36.9 Å². The Bertz CT molecular complexity index is 715. The number of aliphatic carboxylic acids is 1. The fourth-order valence-electron chi connectivity index (χ4n) is 8.86. The van der Waals surface area contributed by atoms with Gasteiger partial charge in [-0.15, -0.1) is 0 Å². The molecule has 0 aromatic heterocycles. The highest BCUT2D eigenvalue weighted by molar-refractivity contribution is 5.83. The van der Waals surface area contributed by atoms with E-state index in [-0.39, 0.29) is 23.2 Å². The molecule has 4 saturated carbocycles. The molecule has 4 aliphatic carbocycles. The third-order valence-corrected chi connectivity index (χ3v) is 10.8. The zero-order chi connectivity index (χ0) is 22.6. The van der Waals surface area contributed by atoms with Gasteiger partial charge in [0.05, 0.1) is 0 Å². The summed E-state index contributed by atoms with van der Waals surface area (Å²) in [6.07, 6.45) is 9.05. The molecule has 0 bridgehead atoms. The standard InChI is InChI=1S/C26H42O5/c1-16(6-9-22(28)29)18-7-8-19-23-20(10-11-25(18,19)3)24(2)12-13-26(30-4,31-5)15-17(24)14-21(23)27/h16-20,23H,6-15H2,1-5H3,(H,28,29)/t16?,17-,18-,19+,20+,23+,24+,25-/m1/s1. The summed E-state index contributed by atoms with van der Waals surface area (Å²) in [5.41, 5.74) is 0.364. The lowest BCUT2D eigenvalue weighted by Crippen LogP contribution is -2.59. The second kappa shape index (κ2) is 8.13. The Labute approximate surface area is 187 Å². The first kappa shape index (κ1) is 23.2. The fourth-order valence-corrected chi connectivity index (χ4v) is 8.86. The number of carboxylic acids is 1. The van der Waals surface area contributed by atoms with Gasteiger partial charge in [0.2, 0.25) is 0 Å². The third kappa shape index (κ3) is 3.58. The normalized spacial score (nSPS) is 44.8. The number of carboxylic acid groups (broad SMARTS) is 1. The Kier molecular flexibility index (Phi) is 6.09. The molecule has 31 heavy (non-hydrogen) atoms. The molecule has 0 heterocycles. The maximum atomic E-state index is 13.6. The van der Waals surface area contributed by atoms with Crippen LogP contribution >= 0.6 is 0 Å². The van der Waals surface area contributed by atoms with Crippen molar-refractivity contribution in [3.05, 3.63) is 0 Å². The van der Waals surface area contributed by atoms with E-state index in [0.717, 1.165) is 44.9 Å². The van der Waals surface area contributed by atoms with Gasteiger partial charge >= 0.3 is 5.97 Å². The predicted octanol–water partition coefficient (Wildman–Crippen LogP) is 5.31. The molecule has 176 valence electrons. The second-order valence-electron chi connectivity index (χ2n) is 11.8. The number of hydrogen-bond donors (Lipinski definition) is 1. The largest absolute Gasteiger partial charge is 0.481 e. The maximum absolute atomic E-state index is 13.6. The van der Waals surface area contributed by atoms with Gasteiger partial charge in [0.25, 0.3) is 0 Å². The molecule has 1 N–H and O–H groups in total. The molecule has 8 atom stereocenters. The van der Waals surface area contributed by atoms with Crippen molar-refractivity contribution in [2.75, 3.05) is 14.2 Å². The van der Waals surface area contributed by atoms with Gasteiger partial charge in [-0.3, -0.25) is 9.59 Å². The van der Waals surface area contributed by atoms with Crippen molar-refractivity contribution in [1.29, 1.82) is 0 Å². The molecule has 0 radical (unpaired) electrons. The van der Waals surface area contributed by atoms with Crippen LogP contribution in [-0.2, 0) is 19.1 Å². The number of ketones is 1. The molecule has 4 rings (SSSR count). The number of rotatable bonds is 6. The monoisotopic (exact) mass is 434 g/mol. The average Bonchev–Trinajstić information content (AvgIpc) is 3.09. The van der Waals surface area contributed by atoms with Crippen molar-refractivity contribution < 1.29 is 24.2 Å². The van der Waals surface area contributed by atoms with E-state index in [2.05, 4.69) is 20.8 Å². The van der Waals surface area contributed by atoms with Crippen molar-refractivity contribution in [3.63, 3.8) is 0 Å². The number of ether oxygens (including phenoxy) is 2. The van der Waals surface area contributed by atoms with Crippen molar-refractivity contribution >= 4 is 11.8 Å². The third-order valence-electron chi connectivity index (χ3n) is 10.8. The molecule has 0 spiro atoms. The Balaban J connectivity index is 1.56. The molecule has 5 heteroatoms. The van der Waals surface area contributed by atoms with E-state index in [1.165, 1.54) is 6.42 Å². The van der Waals surface area contributed by atoms with Gasteiger partial charge in [-0.25, -0.2) is 0 Å². The Morgan fingerprint density at radius 2 is 1.74 bits per heavy atom. The summed E-state index contributed by atoms with van der Waals surface area (Å²) in [7, 11) is 3.46. The van der Waals surface area contributed by atoms with Crippen LogP contribution in [0.15, 0.2) is 0 Å². The van der Waals surface area contributed by atoms with Crippen LogP contribution in [0.5, 0.6) is 0 Å². The summed E-state index contributed by atoms with van der Waals surface area (Å²) in [5.74, 6) is 1.66. The van der Waals surface area contributed by atoms with Gasteiger partial charge in [-0.2, -0.15) is 0 Å². The zero-order valence-corrected chi connectivity index (χ0v) is 20.1. The summed E-state index contributed by atoms with van der Waals surface area (Å²) < 4.78 is 11.6. The van der Waals surface area contributed by atoms with E-state index in [1.54, 1.807) is 14.2 Å². The molecule has 0 aromatic carbocycles. The predicted molar refractivity (Wildman–Crippen MR) is 118 cm³/mol. The van der Waals surface area contributed by atoms with E-state index in [4.69, 9.17) is 14.6 Å². The van der Waals surface area contributed by atoms with E-state index in [1.807, 2.05) is 0 Å². The summed E-state index contributed by atoms with van der Waals surface area (Å²) in [6.45, 7) is 7.11. The number of fused-ring (bicyclic) bond motifs is 5. The summed E-state index contributed by atoms with van der Waals surface area (Å²) in [5, 5.41) is 9.14. The number of Topliss-reactive ketones (excluding diaryl/α,β-unsaturated/α-hetero) is 1. The summed E-state index contributed by atoms with van der Waals surface area (Å²) in [6, 6.07) is 0. The highest BCUT2D eigenvalue weighted by atomic mass is 16.7. The SMILES string of the molecule is COC1(OC)CC[C@@]2(C)[C@H](CC(=O)[C@@H]3[C@@H]2CC[C@]2(C)[C@@H](C(C)CCC(=O)O)CC[C@@H]32)C1. The zero-order valence-electron chi connectivity index (χ0n) is 20.1. The first-order valence-electron chi connectivity index (χ1n) is 12.4. The smallest absolute Gasteiger partial charge is 0.303 e. The highest BCUT2D eigenvalue weighted by Gasteiger charge is 2.64. The van der Waals surface area contributed by atoms with Crippen LogP contribution in [0.4, 0.5) is 0 Å². The van der Waals surface area contributed by atoms with Crippen molar-refractivity contribution in [1.82, 2.24) is 0 Å². The molecule has 4 fully saturated rings. The lowest BCUT2D eigenvalue weighted by atomic mass is 9.44. The van der Waals surface area contributed by atoms with Crippen LogP contribution in [0.2, 0.25) is 0 Å². The van der Waals surface area contributed by atoms with Crippen LogP contribution < -0.4 is 0 Å². The lowest BCUT2D eigenvalue weighted by Gasteiger charge is -2.61. The van der Waals surface area contributed by atoms with Crippen molar-refractivity contribution in [2.45, 2.75) is 90.8 Å². The van der Waals surface area contributed by atoms with E-state index < -0.39 is 11.8 Å². The maximum Gasteiger partial charge on any atom is 0.303 e. The van der Waals surface area contributed by atoms with Gasteiger partial charge in [0.1, 0.15) is 5.78 Å². The van der Waals surface area contributed by atoms with Crippen LogP contribution in [0, 0.1) is 46.3 Å². The Morgan fingerprint density at radius 3 is 2.39 bits per heavy atom. The Morgan fingerprint density at radius 1 is 1.06 bits per heavy atom. The first-order valence-corrected chi connectivity index (χ1v) is 12.4. The van der Waals surface area contributed by atoms with Crippen molar-refractivity contribution in [3.8, 4) is 0 Å². The highest BCUT2D eigenvalue weighted by Crippen LogP contribution is 2.68. The van der Waals surface area contributed by atoms with Crippen molar-refractivity contribution in [2.24, 2.45) is 46.3 Å². The molecule has 0 aromatic rings. The Hall–Kier alpha value is -0.940. The quantitative estimate of drug-likeness (QED) is 0.573. The van der Waals surface area contributed by atoms with Crippen LogP contribution in [0.25, 0.3) is 0 Å². The van der Waals surface area contributed by atoms with Crippen LogP contribution in [0.3, 0.4) is 0 Å². The molecule has 1 unspecified atom stereocenters. The molecular weight excluding hydrogens is 392 g/mol. The molecule has 0 aliphatic heterocycles.